The Hall–Kier alpha value is -5.46. The minimum absolute atomic E-state index is 0.0194. The van der Waals surface area contributed by atoms with E-state index >= 15 is 4.57 Å². The number of aromatic carboxylic acids is 1. The molecule has 0 amide bonds. The number of aromatic nitrogens is 1. The molecule has 1 aromatic heterocycles. The Morgan fingerprint density at radius 1 is 0.829 bits per heavy atom. The summed E-state index contributed by atoms with van der Waals surface area (Å²) in [4.78, 5) is 19.6. The van der Waals surface area contributed by atoms with Gasteiger partial charge >= 0.3 is 19.0 Å². The summed E-state index contributed by atoms with van der Waals surface area (Å²) in [6, 6.07) is 35.4. The van der Waals surface area contributed by atoms with Gasteiger partial charge in [0.2, 0.25) is 0 Å². The molecule has 4 heterocycles. The summed E-state index contributed by atoms with van der Waals surface area (Å²) < 4.78 is 95.5. The number of nitrogens with zero attached hydrogens (tertiary/aromatic N) is 5. The van der Waals surface area contributed by atoms with Crippen molar-refractivity contribution < 1.29 is 45.7 Å². The average molecular weight is 1120 g/mol. The molecule has 3 saturated heterocycles. The molecular formula is C56H63ClF3N6O7PS2. The third-order valence-corrected chi connectivity index (χ3v) is 20.0. The Bertz CT molecular complexity index is 3170. The standard InChI is InChI=1S/C56H63ClF3N6O7PS2/c1-38(2)66-39(3)52(55(68)69)53(54(66)40-13-15-42(57)16-14-40)41-9-7-10-46(35-41)64-32-30-63(31-33-64)44-17-19-45(20-18-44)65-26-8-34-73-74(65,70)48-21-22-50(51(36-48)76(71,72)56(58,59)60)61-43(37-75-49-11-5-4-6-12-49)23-27-62-28-24-47(67)25-29-62/h4-7,9-22,35-36,38,43,47,61,67H,8,23-34,37H2,1-3H3,(H,68,69)/t43-,74+/m1/s1. The fraction of sp³-hybridized carbons (Fsp3) is 0.375. The van der Waals surface area contributed by atoms with E-state index in [0.29, 0.717) is 99.2 Å². The van der Waals surface area contributed by atoms with Crippen molar-refractivity contribution in [2.24, 2.45) is 0 Å². The largest absolute Gasteiger partial charge is 0.501 e. The number of hydrogen-bond donors (Lipinski definition) is 3. The van der Waals surface area contributed by atoms with Gasteiger partial charge < -0.3 is 39.3 Å². The van der Waals surface area contributed by atoms with Crippen LogP contribution in [0.4, 0.5) is 35.9 Å². The number of alkyl halides is 3. The molecule has 13 nitrogen and oxygen atoms in total. The number of hydrogen-bond acceptors (Lipinski definition) is 11. The topological polar surface area (TPSA) is 148 Å². The first-order valence-corrected chi connectivity index (χ1v) is 30.0. The zero-order valence-corrected chi connectivity index (χ0v) is 45.9. The maximum Gasteiger partial charge on any atom is 0.501 e. The van der Waals surface area contributed by atoms with Gasteiger partial charge in [0.05, 0.1) is 35.0 Å². The Kier molecular flexibility index (Phi) is 16.9. The second kappa shape index (κ2) is 23.2. The maximum atomic E-state index is 15.2. The van der Waals surface area contributed by atoms with Crippen LogP contribution in [0.25, 0.3) is 22.4 Å². The molecule has 404 valence electrons. The third-order valence-electron chi connectivity index (χ3n) is 14.5. The van der Waals surface area contributed by atoms with Crippen LogP contribution in [0.3, 0.4) is 0 Å². The predicted molar refractivity (Wildman–Crippen MR) is 299 cm³/mol. The quantitative estimate of drug-likeness (QED) is 0.0588. The van der Waals surface area contributed by atoms with Crippen molar-refractivity contribution in [3.63, 3.8) is 0 Å². The van der Waals surface area contributed by atoms with Gasteiger partial charge in [-0.2, -0.15) is 13.2 Å². The number of carboxylic acids is 1. The number of carboxylic acid groups (broad SMARTS) is 1. The normalized spacial score (nSPS) is 18.6. The van der Waals surface area contributed by atoms with Gasteiger partial charge in [-0.15, -0.1) is 11.8 Å². The zero-order chi connectivity index (χ0) is 53.9. The van der Waals surface area contributed by atoms with E-state index in [4.69, 9.17) is 16.1 Å². The van der Waals surface area contributed by atoms with Gasteiger partial charge in [0.15, 0.2) is 0 Å². The van der Waals surface area contributed by atoms with E-state index in [9.17, 15) is 36.6 Å². The van der Waals surface area contributed by atoms with Crippen molar-refractivity contribution in [2.75, 3.05) is 84.5 Å². The van der Waals surface area contributed by atoms with Gasteiger partial charge in [0.1, 0.15) is 4.90 Å². The average Bonchev–Trinajstić information content (AvgIpc) is 3.84. The molecule has 0 saturated carbocycles. The van der Waals surface area contributed by atoms with Crippen LogP contribution < -0.4 is 25.1 Å². The molecule has 76 heavy (non-hydrogen) atoms. The van der Waals surface area contributed by atoms with E-state index in [0.717, 1.165) is 39.2 Å². The lowest BCUT2D eigenvalue weighted by Gasteiger charge is -2.39. The van der Waals surface area contributed by atoms with E-state index in [2.05, 4.69) is 30.6 Å². The lowest BCUT2D eigenvalue weighted by Crippen LogP contribution is -2.46. The van der Waals surface area contributed by atoms with Gasteiger partial charge in [0.25, 0.3) is 9.84 Å². The molecule has 3 fully saturated rings. The third kappa shape index (κ3) is 11.8. The number of thioether (sulfide) groups is 1. The number of sulfone groups is 1. The fourth-order valence-corrected chi connectivity index (χ4v) is 15.1. The summed E-state index contributed by atoms with van der Waals surface area (Å²) in [5.74, 6) is -0.586. The Balaban J connectivity index is 0.934. The summed E-state index contributed by atoms with van der Waals surface area (Å²) in [5.41, 5.74) is 0.491. The van der Waals surface area contributed by atoms with Crippen molar-refractivity contribution in [2.45, 2.75) is 79.9 Å². The van der Waals surface area contributed by atoms with Crippen molar-refractivity contribution in [1.29, 1.82) is 0 Å². The Morgan fingerprint density at radius 3 is 2.13 bits per heavy atom. The summed E-state index contributed by atoms with van der Waals surface area (Å²) in [6.07, 6.45) is 1.83. The highest BCUT2D eigenvalue weighted by molar-refractivity contribution is 7.99. The fourth-order valence-electron chi connectivity index (χ4n) is 10.6. The number of halogens is 4. The van der Waals surface area contributed by atoms with Crippen LogP contribution in [0.15, 0.2) is 131 Å². The predicted octanol–water partition coefficient (Wildman–Crippen LogP) is 11.8. The van der Waals surface area contributed by atoms with E-state index in [1.54, 1.807) is 12.1 Å². The second-order valence-electron chi connectivity index (χ2n) is 19.8. The maximum absolute atomic E-state index is 15.2. The molecule has 6 aromatic rings. The highest BCUT2D eigenvalue weighted by Crippen LogP contribution is 2.55. The highest BCUT2D eigenvalue weighted by atomic mass is 35.5. The SMILES string of the molecule is Cc1c(C(=O)O)c(-c2cccc(N3CCN(c4ccc(N5CCCO[P@@]5(=O)c5ccc(N[C@H](CCN6CCC(O)CC6)CSc6ccccc6)c(S(=O)(=O)C(F)(F)F)c5)cc4)CC3)c2)c(-c2ccc(Cl)cc2)n1C(C)C. The minimum Gasteiger partial charge on any atom is -0.478 e. The first-order chi connectivity index (χ1) is 36.3. The van der Waals surface area contributed by atoms with Crippen LogP contribution in [-0.4, -0.2) is 116 Å². The highest BCUT2D eigenvalue weighted by Gasteiger charge is 2.49. The number of piperazine rings is 1. The molecule has 2 atom stereocenters. The monoisotopic (exact) mass is 1120 g/mol. The Labute approximate surface area is 452 Å². The summed E-state index contributed by atoms with van der Waals surface area (Å²) in [5, 5.41) is 24.2. The number of likely N-dealkylation sites (tertiary alicyclic amines) is 1. The Morgan fingerprint density at radius 2 is 1.49 bits per heavy atom. The molecule has 3 aliphatic rings. The first-order valence-electron chi connectivity index (χ1n) is 25.6. The number of aliphatic hydroxyl groups excluding tert-OH is 1. The van der Waals surface area contributed by atoms with E-state index < -0.39 is 39.8 Å². The molecule has 0 aliphatic carbocycles. The lowest BCUT2D eigenvalue weighted by molar-refractivity contribution is -0.0435. The molecular weight excluding hydrogens is 1060 g/mol. The van der Waals surface area contributed by atoms with E-state index in [1.165, 1.54) is 28.6 Å². The van der Waals surface area contributed by atoms with Crippen LogP contribution in [0, 0.1) is 6.92 Å². The molecule has 0 unspecified atom stereocenters. The summed E-state index contributed by atoms with van der Waals surface area (Å²) in [6.45, 7) is 10.8. The zero-order valence-electron chi connectivity index (χ0n) is 42.6. The van der Waals surface area contributed by atoms with Crippen LogP contribution in [-0.2, 0) is 18.9 Å². The summed E-state index contributed by atoms with van der Waals surface area (Å²) in [7, 11) is -10.1. The van der Waals surface area contributed by atoms with E-state index in [1.807, 2.05) is 106 Å². The van der Waals surface area contributed by atoms with Gasteiger partial charge in [-0.05, 0) is 136 Å². The number of piperidine rings is 1. The van der Waals surface area contributed by atoms with Crippen molar-refractivity contribution >= 4 is 74.7 Å². The van der Waals surface area contributed by atoms with Gasteiger partial charge in [0, 0.05) is 108 Å². The van der Waals surface area contributed by atoms with Gasteiger partial charge in [-0.25, -0.2) is 13.2 Å². The van der Waals surface area contributed by atoms with Crippen LogP contribution in [0.1, 0.15) is 61.6 Å². The number of benzene rings is 5. The molecule has 20 heteroatoms. The van der Waals surface area contributed by atoms with Crippen LogP contribution in [0.5, 0.6) is 0 Å². The minimum atomic E-state index is -5.95. The molecule has 0 bridgehead atoms. The number of rotatable bonds is 17. The van der Waals surface area contributed by atoms with Crippen molar-refractivity contribution in [3.05, 3.63) is 138 Å². The van der Waals surface area contributed by atoms with E-state index in [-0.39, 0.29) is 41.9 Å². The van der Waals surface area contributed by atoms with Crippen LogP contribution >= 0.6 is 30.9 Å². The van der Waals surface area contributed by atoms with Crippen LogP contribution in [0.2, 0.25) is 5.02 Å². The number of nitrogens with one attached hydrogen (secondary N) is 1. The molecule has 3 N–H and O–H groups in total. The van der Waals surface area contributed by atoms with Crippen molar-refractivity contribution in [1.82, 2.24) is 9.47 Å². The number of aliphatic hydroxyl groups is 1. The molecule has 0 spiro atoms. The molecule has 0 radical (unpaired) electrons. The summed E-state index contributed by atoms with van der Waals surface area (Å²) >= 11 is 7.78. The smallest absolute Gasteiger partial charge is 0.478 e. The van der Waals surface area contributed by atoms with Gasteiger partial charge in [-0.1, -0.05) is 54.1 Å². The molecule has 9 rings (SSSR count). The molecule has 3 aliphatic heterocycles. The first kappa shape index (κ1) is 55.3. The van der Waals surface area contributed by atoms with Gasteiger partial charge in [-0.3, -0.25) is 9.24 Å². The van der Waals surface area contributed by atoms with Crippen molar-refractivity contribution in [3.8, 4) is 22.4 Å². The number of carbonyl (C=O) groups is 1. The lowest BCUT2D eigenvalue weighted by atomic mass is 9.96. The molecule has 5 aromatic carbocycles. The number of anilines is 4. The second-order valence-corrected chi connectivity index (χ2v) is 25.5.